The number of benzene rings is 2. The highest BCUT2D eigenvalue weighted by atomic mass is 35.5. The van der Waals surface area contributed by atoms with Crippen molar-refractivity contribution in [3.05, 3.63) is 93.1 Å². The predicted molar refractivity (Wildman–Crippen MR) is 155 cm³/mol. The number of ether oxygens (including phenoxy) is 1. The smallest absolute Gasteiger partial charge is 0.127 e. The fourth-order valence-corrected chi connectivity index (χ4v) is 6.04. The Bertz CT molecular complexity index is 1300. The van der Waals surface area contributed by atoms with Gasteiger partial charge in [0.15, 0.2) is 0 Å². The molecule has 202 valence electrons. The molecule has 1 saturated heterocycles. The van der Waals surface area contributed by atoms with Crippen LogP contribution in [0.2, 0.25) is 10.0 Å². The highest BCUT2D eigenvalue weighted by Crippen LogP contribution is 2.41. The third-order valence-electron chi connectivity index (χ3n) is 8.11. The molecule has 3 atom stereocenters. The van der Waals surface area contributed by atoms with Crippen molar-refractivity contribution in [3.8, 4) is 5.75 Å². The van der Waals surface area contributed by atoms with Crippen LogP contribution in [0.5, 0.6) is 5.75 Å². The maximum absolute atomic E-state index is 11.5. The first-order chi connectivity index (χ1) is 18.1. The predicted octanol–water partition coefficient (Wildman–Crippen LogP) is 6.03. The van der Waals surface area contributed by atoms with E-state index in [1.165, 1.54) is 5.57 Å². The molecule has 38 heavy (non-hydrogen) atoms. The lowest BCUT2D eigenvalue weighted by Crippen LogP contribution is -2.49. The van der Waals surface area contributed by atoms with E-state index in [0.29, 0.717) is 23.1 Å². The quantitative estimate of drug-likeness (QED) is 0.421. The van der Waals surface area contributed by atoms with Crippen LogP contribution in [0.3, 0.4) is 0 Å². The highest BCUT2D eigenvalue weighted by molar-refractivity contribution is 6.42. The van der Waals surface area contributed by atoms with Gasteiger partial charge in [-0.05, 0) is 85.5 Å². The van der Waals surface area contributed by atoms with E-state index in [1.54, 1.807) is 26.0 Å². The van der Waals surface area contributed by atoms with Gasteiger partial charge in [0.05, 0.1) is 27.3 Å². The topological polar surface area (TPSA) is 65.0 Å². The van der Waals surface area contributed by atoms with E-state index in [0.717, 1.165) is 54.1 Å². The summed E-state index contributed by atoms with van der Waals surface area (Å²) >= 11 is 12.4. The first kappa shape index (κ1) is 27.3. The molecule has 3 aliphatic heterocycles. The highest BCUT2D eigenvalue weighted by Gasteiger charge is 2.40. The number of fused-ring (bicyclic) bond motifs is 2. The summed E-state index contributed by atoms with van der Waals surface area (Å²) in [6.45, 7) is 8.71. The monoisotopic (exact) mass is 554 g/mol. The van der Waals surface area contributed by atoms with E-state index in [1.807, 2.05) is 30.5 Å². The molecule has 3 N–H and O–H groups in total. The SMILES string of the molecule is CC1CN(CC/C=C2\C3=CC=CNC3COc3ccc(C(C)(C)O)cc32)CC[C@@]1(O)c1ccc(Cl)c(Cl)c1. The number of aliphatic hydroxyl groups is 2. The Labute approximate surface area is 235 Å². The van der Waals surface area contributed by atoms with Gasteiger partial charge in [-0.15, -0.1) is 0 Å². The molecule has 0 aromatic heterocycles. The molecule has 0 aliphatic carbocycles. The average molecular weight is 556 g/mol. The second kappa shape index (κ2) is 10.7. The van der Waals surface area contributed by atoms with Crippen LogP contribution in [0.25, 0.3) is 5.57 Å². The first-order valence-electron chi connectivity index (χ1n) is 13.3. The van der Waals surface area contributed by atoms with Crippen LogP contribution >= 0.6 is 23.2 Å². The first-order valence-corrected chi connectivity index (χ1v) is 14.1. The molecule has 7 heteroatoms. The molecule has 5 nitrogen and oxygen atoms in total. The summed E-state index contributed by atoms with van der Waals surface area (Å²) in [4.78, 5) is 2.42. The van der Waals surface area contributed by atoms with Crippen molar-refractivity contribution in [2.24, 2.45) is 5.92 Å². The van der Waals surface area contributed by atoms with Gasteiger partial charge in [-0.1, -0.05) is 54.4 Å². The van der Waals surface area contributed by atoms with Gasteiger partial charge in [0.1, 0.15) is 12.4 Å². The minimum Gasteiger partial charge on any atom is -0.490 e. The Morgan fingerprint density at radius 1 is 1.18 bits per heavy atom. The van der Waals surface area contributed by atoms with Crippen LogP contribution in [0.1, 0.15) is 50.3 Å². The maximum Gasteiger partial charge on any atom is 0.127 e. The summed E-state index contributed by atoms with van der Waals surface area (Å²) in [6, 6.07) is 11.5. The van der Waals surface area contributed by atoms with Crippen LogP contribution in [-0.4, -0.2) is 47.4 Å². The fraction of sp³-hybridized carbons (Fsp3) is 0.419. The van der Waals surface area contributed by atoms with Crippen molar-refractivity contribution >= 4 is 28.8 Å². The Morgan fingerprint density at radius 2 is 2.00 bits per heavy atom. The van der Waals surface area contributed by atoms with Gasteiger partial charge in [-0.25, -0.2) is 0 Å². The van der Waals surface area contributed by atoms with Gasteiger partial charge >= 0.3 is 0 Å². The third kappa shape index (κ3) is 5.41. The lowest BCUT2D eigenvalue weighted by atomic mass is 9.77. The normalized spacial score (nSPS) is 26.6. The Balaban J connectivity index is 1.35. The second-order valence-electron chi connectivity index (χ2n) is 11.2. The van der Waals surface area contributed by atoms with E-state index in [-0.39, 0.29) is 12.0 Å². The lowest BCUT2D eigenvalue weighted by Gasteiger charge is -2.43. The largest absolute Gasteiger partial charge is 0.490 e. The van der Waals surface area contributed by atoms with Crippen molar-refractivity contribution in [3.63, 3.8) is 0 Å². The van der Waals surface area contributed by atoms with Gasteiger partial charge < -0.3 is 25.2 Å². The van der Waals surface area contributed by atoms with E-state index >= 15 is 0 Å². The Hall–Kier alpha value is -2.28. The Kier molecular flexibility index (Phi) is 7.69. The van der Waals surface area contributed by atoms with Crippen LogP contribution in [0.4, 0.5) is 0 Å². The number of halogens is 2. The van der Waals surface area contributed by atoms with Crippen LogP contribution in [-0.2, 0) is 11.2 Å². The molecular formula is C31H36Cl2N2O3. The molecule has 5 rings (SSSR count). The number of hydrogen-bond donors (Lipinski definition) is 3. The molecule has 0 radical (unpaired) electrons. The van der Waals surface area contributed by atoms with Crippen molar-refractivity contribution in [1.29, 1.82) is 0 Å². The fourth-order valence-electron chi connectivity index (χ4n) is 5.74. The molecule has 1 fully saturated rings. The van der Waals surface area contributed by atoms with Gasteiger partial charge in [0.2, 0.25) is 0 Å². The standard InChI is InChI=1S/C31H36Cl2N2O3/c1-20-18-35(15-12-31(20,37)22-8-10-26(32)27(33)17-22)14-5-7-23-24-6-4-13-34-28(24)19-38-29-11-9-21(16-25(23)29)30(2,3)36/h4,6-11,13,16-17,20,28,34,36-37H,5,12,14-15,18-19H2,1-3H3/b23-7+/t20?,28?,31-/m0/s1. The van der Waals surface area contributed by atoms with Gasteiger partial charge in [-0.3, -0.25) is 0 Å². The van der Waals surface area contributed by atoms with Gasteiger partial charge in [-0.2, -0.15) is 0 Å². The number of nitrogens with one attached hydrogen (secondary N) is 1. The van der Waals surface area contributed by atoms with E-state index < -0.39 is 11.2 Å². The van der Waals surface area contributed by atoms with Crippen LogP contribution in [0.15, 0.2) is 66.4 Å². The number of allylic oxidation sites excluding steroid dienone is 2. The average Bonchev–Trinajstić information content (AvgIpc) is 3.04. The molecule has 3 aliphatic rings. The second-order valence-corrected chi connectivity index (χ2v) is 12.0. The van der Waals surface area contributed by atoms with Crippen molar-refractivity contribution in [2.75, 3.05) is 26.2 Å². The number of dihydropyridines is 1. The summed E-state index contributed by atoms with van der Waals surface area (Å²) in [5.74, 6) is 0.877. The van der Waals surface area contributed by atoms with Crippen molar-refractivity contribution in [2.45, 2.75) is 50.9 Å². The number of rotatable bonds is 5. The summed E-state index contributed by atoms with van der Waals surface area (Å²) in [6.07, 6.45) is 9.93. The molecule has 0 spiro atoms. The number of likely N-dealkylation sites (tertiary alicyclic amines) is 1. The third-order valence-corrected chi connectivity index (χ3v) is 8.85. The zero-order valence-electron chi connectivity index (χ0n) is 22.2. The maximum atomic E-state index is 11.5. The minimum absolute atomic E-state index is 0.0438. The van der Waals surface area contributed by atoms with E-state index in [9.17, 15) is 10.2 Å². The molecule has 0 saturated carbocycles. The molecule has 2 aromatic rings. The van der Waals surface area contributed by atoms with Crippen molar-refractivity contribution < 1.29 is 14.9 Å². The van der Waals surface area contributed by atoms with Gasteiger partial charge in [0.25, 0.3) is 0 Å². The molecule has 2 unspecified atom stereocenters. The van der Waals surface area contributed by atoms with Gasteiger partial charge in [0, 0.05) is 31.1 Å². The minimum atomic E-state index is -0.944. The zero-order valence-corrected chi connectivity index (χ0v) is 23.7. The summed E-state index contributed by atoms with van der Waals surface area (Å²) in [5, 5.41) is 26.6. The zero-order chi connectivity index (χ0) is 27.1. The summed E-state index contributed by atoms with van der Waals surface area (Å²) in [7, 11) is 0. The van der Waals surface area contributed by atoms with E-state index in [4.69, 9.17) is 27.9 Å². The van der Waals surface area contributed by atoms with E-state index in [2.05, 4.69) is 35.4 Å². The lowest BCUT2D eigenvalue weighted by molar-refractivity contribution is -0.0706. The van der Waals surface area contributed by atoms with Crippen molar-refractivity contribution in [1.82, 2.24) is 10.2 Å². The van der Waals surface area contributed by atoms with Crippen LogP contribution in [0, 0.1) is 5.92 Å². The molecule has 2 aromatic carbocycles. The molecular weight excluding hydrogens is 519 g/mol. The molecule has 3 heterocycles. The Morgan fingerprint density at radius 3 is 2.74 bits per heavy atom. The van der Waals surface area contributed by atoms with Crippen LogP contribution < -0.4 is 10.1 Å². The summed E-state index contributed by atoms with van der Waals surface area (Å²) < 4.78 is 6.19. The number of nitrogens with zero attached hydrogens (tertiary/aromatic N) is 1. The molecule has 0 bridgehead atoms. The number of piperidine rings is 1. The number of hydrogen-bond acceptors (Lipinski definition) is 5. The molecule has 0 amide bonds. The summed E-state index contributed by atoms with van der Waals surface area (Å²) in [5.41, 5.74) is 3.16.